The summed E-state index contributed by atoms with van der Waals surface area (Å²) in [7, 11) is 0.453. The second-order valence-electron chi connectivity index (χ2n) is 6.14. The normalized spacial score (nSPS) is 19.5. The summed E-state index contributed by atoms with van der Waals surface area (Å²) < 4.78 is 28.3. The van der Waals surface area contributed by atoms with Crippen LogP contribution in [0, 0.1) is 0 Å². The number of ether oxygens (including phenoxy) is 1. The van der Waals surface area contributed by atoms with E-state index in [2.05, 4.69) is 4.98 Å². The first kappa shape index (κ1) is 18.8. The molecule has 0 bridgehead atoms. The number of carbonyl (C=O) groups excluding carboxylic acids is 1. The minimum Gasteiger partial charge on any atom is -0.383 e. The van der Waals surface area contributed by atoms with Gasteiger partial charge in [0.05, 0.1) is 24.7 Å². The standard InChI is InChI=1S/C16H25N3O4S/c1-18(15-5-9-24(21,22)13-15)12-16(20)19(7-8-23-2)11-14-4-3-6-17-10-14/h3-4,6,10,15H,5,7-9,11-13H2,1-2H3/t15-/m0/s1. The fourth-order valence-corrected chi connectivity index (χ4v) is 4.58. The Labute approximate surface area is 143 Å². The van der Waals surface area contributed by atoms with Crippen molar-refractivity contribution in [2.45, 2.75) is 19.0 Å². The summed E-state index contributed by atoms with van der Waals surface area (Å²) in [5.41, 5.74) is 0.952. The van der Waals surface area contributed by atoms with Gasteiger partial charge in [0.2, 0.25) is 5.91 Å². The maximum atomic E-state index is 12.6. The molecule has 0 aliphatic carbocycles. The molecule has 1 saturated heterocycles. The van der Waals surface area contributed by atoms with Crippen molar-refractivity contribution in [3.8, 4) is 0 Å². The van der Waals surface area contributed by atoms with Crippen LogP contribution in [0.5, 0.6) is 0 Å². The SMILES string of the molecule is COCCN(Cc1cccnc1)C(=O)CN(C)[C@H]1CCS(=O)(=O)C1. The molecule has 0 N–H and O–H groups in total. The molecule has 1 aromatic rings. The van der Waals surface area contributed by atoms with Crippen LogP contribution in [0.2, 0.25) is 0 Å². The predicted molar refractivity (Wildman–Crippen MR) is 91.2 cm³/mol. The summed E-state index contributed by atoms with van der Waals surface area (Å²) in [6.07, 6.45) is 4.02. The molecule has 8 heteroatoms. The van der Waals surface area contributed by atoms with Crippen LogP contribution in [0.4, 0.5) is 0 Å². The van der Waals surface area contributed by atoms with Gasteiger partial charge in [0.1, 0.15) is 0 Å². The first-order valence-corrected chi connectivity index (χ1v) is 9.79. The number of hydrogen-bond donors (Lipinski definition) is 0. The molecular weight excluding hydrogens is 330 g/mol. The van der Waals surface area contributed by atoms with Gasteiger partial charge in [-0.05, 0) is 25.1 Å². The van der Waals surface area contributed by atoms with Gasteiger partial charge in [0, 0.05) is 38.6 Å². The van der Waals surface area contributed by atoms with Crippen molar-refractivity contribution in [1.29, 1.82) is 0 Å². The van der Waals surface area contributed by atoms with Crippen LogP contribution in [-0.4, -0.2) is 80.5 Å². The van der Waals surface area contributed by atoms with E-state index in [4.69, 9.17) is 4.74 Å². The van der Waals surface area contributed by atoms with Crippen molar-refractivity contribution in [2.75, 3.05) is 45.4 Å². The lowest BCUT2D eigenvalue weighted by atomic mass is 10.2. The lowest BCUT2D eigenvalue weighted by Gasteiger charge is -2.28. The molecule has 0 radical (unpaired) electrons. The number of likely N-dealkylation sites (N-methyl/N-ethyl adjacent to an activating group) is 1. The van der Waals surface area contributed by atoms with Crippen LogP contribution in [-0.2, 0) is 25.9 Å². The highest BCUT2D eigenvalue weighted by Gasteiger charge is 2.31. The van der Waals surface area contributed by atoms with Crippen molar-refractivity contribution in [3.63, 3.8) is 0 Å². The zero-order valence-electron chi connectivity index (χ0n) is 14.2. The predicted octanol–water partition coefficient (Wildman–Crippen LogP) is 0.176. The third-order valence-corrected chi connectivity index (χ3v) is 5.98. The highest BCUT2D eigenvalue weighted by Crippen LogP contribution is 2.16. The third-order valence-electron chi connectivity index (χ3n) is 4.23. The molecule has 0 unspecified atom stereocenters. The van der Waals surface area contributed by atoms with Gasteiger partial charge < -0.3 is 9.64 Å². The Morgan fingerprint density at radius 3 is 2.83 bits per heavy atom. The monoisotopic (exact) mass is 355 g/mol. The van der Waals surface area contributed by atoms with E-state index in [0.29, 0.717) is 26.1 Å². The van der Waals surface area contributed by atoms with E-state index in [-0.39, 0.29) is 30.0 Å². The van der Waals surface area contributed by atoms with Crippen LogP contribution in [0.3, 0.4) is 0 Å². The number of carbonyl (C=O) groups is 1. The molecule has 1 fully saturated rings. The number of rotatable bonds is 8. The lowest BCUT2D eigenvalue weighted by Crippen LogP contribution is -2.44. The van der Waals surface area contributed by atoms with Crippen molar-refractivity contribution < 1.29 is 17.9 Å². The summed E-state index contributed by atoms with van der Waals surface area (Å²) in [5.74, 6) is 0.305. The van der Waals surface area contributed by atoms with Crippen molar-refractivity contribution in [3.05, 3.63) is 30.1 Å². The van der Waals surface area contributed by atoms with Gasteiger partial charge in [0.15, 0.2) is 9.84 Å². The maximum Gasteiger partial charge on any atom is 0.237 e. The Hall–Kier alpha value is -1.51. The molecule has 2 heterocycles. The smallest absolute Gasteiger partial charge is 0.237 e. The molecule has 2 rings (SSSR count). The second-order valence-corrected chi connectivity index (χ2v) is 8.37. The Morgan fingerprint density at radius 1 is 1.46 bits per heavy atom. The fourth-order valence-electron chi connectivity index (χ4n) is 2.77. The van der Waals surface area contributed by atoms with Crippen LogP contribution >= 0.6 is 0 Å². The quantitative estimate of drug-likeness (QED) is 0.662. The third kappa shape index (κ3) is 5.54. The minimum atomic E-state index is -2.95. The summed E-state index contributed by atoms with van der Waals surface area (Å²) in [5, 5.41) is 0. The Kier molecular flexibility index (Phi) is 6.70. The van der Waals surface area contributed by atoms with Crippen molar-refractivity contribution in [1.82, 2.24) is 14.8 Å². The molecule has 7 nitrogen and oxygen atoms in total. The topological polar surface area (TPSA) is 79.8 Å². The van der Waals surface area contributed by atoms with Gasteiger partial charge >= 0.3 is 0 Å². The average Bonchev–Trinajstić information content (AvgIpc) is 2.92. The van der Waals surface area contributed by atoms with Crippen LogP contribution in [0.15, 0.2) is 24.5 Å². The number of hydrogen-bond acceptors (Lipinski definition) is 6. The molecule has 1 atom stereocenters. The van der Waals surface area contributed by atoms with E-state index in [1.165, 1.54) is 0 Å². The molecule has 0 saturated carbocycles. The zero-order valence-corrected chi connectivity index (χ0v) is 15.0. The van der Waals surface area contributed by atoms with E-state index in [1.807, 2.05) is 24.1 Å². The lowest BCUT2D eigenvalue weighted by molar-refractivity contribution is -0.133. The number of amides is 1. The zero-order chi connectivity index (χ0) is 17.6. The summed E-state index contributed by atoms with van der Waals surface area (Å²) in [4.78, 5) is 20.3. The van der Waals surface area contributed by atoms with E-state index in [1.54, 1.807) is 24.4 Å². The van der Waals surface area contributed by atoms with Gasteiger partial charge in [-0.1, -0.05) is 6.07 Å². The van der Waals surface area contributed by atoms with Gasteiger partial charge in [-0.15, -0.1) is 0 Å². The summed E-state index contributed by atoms with van der Waals surface area (Å²) >= 11 is 0. The van der Waals surface area contributed by atoms with E-state index in [0.717, 1.165) is 5.56 Å². The van der Waals surface area contributed by atoms with Crippen molar-refractivity contribution in [2.24, 2.45) is 0 Å². The van der Waals surface area contributed by atoms with Crippen LogP contribution in [0.25, 0.3) is 0 Å². The molecule has 24 heavy (non-hydrogen) atoms. The van der Waals surface area contributed by atoms with Gasteiger partial charge in [0.25, 0.3) is 0 Å². The fraction of sp³-hybridized carbons (Fsp3) is 0.625. The Morgan fingerprint density at radius 2 is 2.25 bits per heavy atom. The van der Waals surface area contributed by atoms with Crippen LogP contribution < -0.4 is 0 Å². The minimum absolute atomic E-state index is 0.0392. The number of aromatic nitrogens is 1. The summed E-state index contributed by atoms with van der Waals surface area (Å²) in [6.45, 7) is 1.60. The van der Waals surface area contributed by atoms with E-state index >= 15 is 0 Å². The molecule has 1 aliphatic heterocycles. The van der Waals surface area contributed by atoms with Gasteiger partial charge in [-0.3, -0.25) is 14.7 Å². The number of methoxy groups -OCH3 is 1. The average molecular weight is 355 g/mol. The largest absolute Gasteiger partial charge is 0.383 e. The van der Waals surface area contributed by atoms with Crippen molar-refractivity contribution >= 4 is 15.7 Å². The van der Waals surface area contributed by atoms with Crippen LogP contribution in [0.1, 0.15) is 12.0 Å². The number of sulfone groups is 1. The maximum absolute atomic E-state index is 12.6. The van der Waals surface area contributed by atoms with E-state index in [9.17, 15) is 13.2 Å². The Bertz CT molecular complexity index is 636. The molecule has 0 aromatic carbocycles. The van der Waals surface area contributed by atoms with E-state index < -0.39 is 9.84 Å². The molecule has 1 aliphatic rings. The number of pyridine rings is 1. The Balaban J connectivity index is 1.96. The molecule has 134 valence electrons. The molecule has 0 spiro atoms. The van der Waals surface area contributed by atoms with Gasteiger partial charge in [-0.25, -0.2) is 8.42 Å². The first-order chi connectivity index (χ1) is 11.4. The molecular formula is C16H25N3O4S. The highest BCUT2D eigenvalue weighted by atomic mass is 32.2. The van der Waals surface area contributed by atoms with Gasteiger partial charge in [-0.2, -0.15) is 0 Å². The second kappa shape index (κ2) is 8.55. The summed E-state index contributed by atoms with van der Waals surface area (Å²) in [6, 6.07) is 3.68. The number of nitrogens with zero attached hydrogens (tertiary/aromatic N) is 3. The first-order valence-electron chi connectivity index (χ1n) is 7.97. The molecule has 1 amide bonds. The highest BCUT2D eigenvalue weighted by molar-refractivity contribution is 7.91. The molecule has 1 aromatic heterocycles.